The second-order valence-corrected chi connectivity index (χ2v) is 5.21. The number of aryl methyl sites for hydroxylation is 1. The Bertz CT molecular complexity index is 504. The number of hydrogen-bond donors (Lipinski definition) is 1. The summed E-state index contributed by atoms with van der Waals surface area (Å²) < 4.78 is 26.9. The molecule has 0 aromatic heterocycles. The van der Waals surface area contributed by atoms with Crippen molar-refractivity contribution in [2.45, 2.75) is 38.8 Å². The number of rotatable bonds is 1. The molecular formula is C14H18F2N2O. The molecule has 1 fully saturated rings. The highest BCUT2D eigenvalue weighted by atomic mass is 19.1. The molecule has 1 heterocycles. The van der Waals surface area contributed by atoms with Gasteiger partial charge in [0.2, 0.25) is 0 Å². The Hall–Kier alpha value is -1.49. The highest BCUT2D eigenvalue weighted by Crippen LogP contribution is 2.21. The molecule has 0 bridgehead atoms. The van der Waals surface area contributed by atoms with E-state index in [0.29, 0.717) is 19.4 Å². The van der Waals surface area contributed by atoms with E-state index in [0.717, 1.165) is 6.07 Å². The fraction of sp³-hybridized carbons (Fsp3) is 0.500. The molecule has 2 rings (SSSR count). The molecule has 2 N–H and O–H groups in total. The second-order valence-electron chi connectivity index (χ2n) is 5.21. The van der Waals surface area contributed by atoms with E-state index in [9.17, 15) is 13.6 Å². The van der Waals surface area contributed by atoms with Gasteiger partial charge in [0, 0.05) is 24.7 Å². The summed E-state index contributed by atoms with van der Waals surface area (Å²) in [5.74, 6) is -1.84. The summed E-state index contributed by atoms with van der Waals surface area (Å²) in [6.07, 6.45) is 1.41. The van der Waals surface area contributed by atoms with E-state index in [1.165, 1.54) is 13.0 Å². The first-order valence-corrected chi connectivity index (χ1v) is 6.42. The van der Waals surface area contributed by atoms with Crippen molar-refractivity contribution in [3.05, 3.63) is 34.9 Å². The number of benzene rings is 1. The molecular weight excluding hydrogens is 250 g/mol. The lowest BCUT2D eigenvalue weighted by molar-refractivity contribution is 0.0614. The molecule has 0 aliphatic carbocycles. The van der Waals surface area contributed by atoms with Crippen molar-refractivity contribution in [3.63, 3.8) is 0 Å². The molecule has 1 aromatic rings. The summed E-state index contributed by atoms with van der Waals surface area (Å²) >= 11 is 0. The minimum absolute atomic E-state index is 0.0268. The molecule has 0 radical (unpaired) electrons. The van der Waals surface area contributed by atoms with E-state index in [1.807, 2.05) is 6.92 Å². The van der Waals surface area contributed by atoms with Crippen molar-refractivity contribution in [2.24, 2.45) is 5.73 Å². The lowest BCUT2D eigenvalue weighted by atomic mass is 9.97. The molecule has 19 heavy (non-hydrogen) atoms. The van der Waals surface area contributed by atoms with Crippen molar-refractivity contribution < 1.29 is 13.6 Å². The van der Waals surface area contributed by atoms with Crippen LogP contribution in [0.1, 0.15) is 35.7 Å². The molecule has 1 aromatic carbocycles. The van der Waals surface area contributed by atoms with Crippen LogP contribution in [0.2, 0.25) is 0 Å². The summed E-state index contributed by atoms with van der Waals surface area (Å²) in [5, 5.41) is 0. The Morgan fingerprint density at radius 1 is 1.37 bits per heavy atom. The predicted molar refractivity (Wildman–Crippen MR) is 68.8 cm³/mol. The molecule has 1 amide bonds. The maximum absolute atomic E-state index is 13.7. The third-order valence-corrected chi connectivity index (χ3v) is 3.66. The van der Waals surface area contributed by atoms with Gasteiger partial charge in [-0.05, 0) is 38.3 Å². The molecule has 5 heteroatoms. The van der Waals surface area contributed by atoms with E-state index in [1.54, 1.807) is 4.90 Å². The molecule has 104 valence electrons. The lowest BCUT2D eigenvalue weighted by Gasteiger charge is -2.36. The first-order valence-electron chi connectivity index (χ1n) is 6.42. The van der Waals surface area contributed by atoms with Crippen LogP contribution >= 0.6 is 0 Å². The van der Waals surface area contributed by atoms with Gasteiger partial charge in [-0.2, -0.15) is 0 Å². The van der Waals surface area contributed by atoms with Gasteiger partial charge in [0.05, 0.1) is 5.56 Å². The van der Waals surface area contributed by atoms with Crippen LogP contribution in [-0.2, 0) is 0 Å². The van der Waals surface area contributed by atoms with Gasteiger partial charge in [-0.15, -0.1) is 0 Å². The van der Waals surface area contributed by atoms with E-state index < -0.39 is 11.6 Å². The fourth-order valence-corrected chi connectivity index (χ4v) is 2.49. The zero-order chi connectivity index (χ0) is 14.2. The second kappa shape index (κ2) is 5.25. The molecule has 0 unspecified atom stereocenters. The standard InChI is InChI=1S/C14H18F2N2O/c1-8-5-11(13(16)7-12(8)15)14(19)18-4-3-10(17)6-9(18)2/h5,7,9-10H,3-4,6,17H2,1-2H3/t9-,10-/m0/s1. The topological polar surface area (TPSA) is 46.3 Å². The maximum Gasteiger partial charge on any atom is 0.257 e. The number of piperidine rings is 1. The number of amides is 1. The number of nitrogens with zero attached hydrogens (tertiary/aromatic N) is 1. The average molecular weight is 268 g/mol. The van der Waals surface area contributed by atoms with Crippen molar-refractivity contribution in [3.8, 4) is 0 Å². The van der Waals surface area contributed by atoms with Crippen LogP contribution in [0.4, 0.5) is 8.78 Å². The number of halogens is 2. The van der Waals surface area contributed by atoms with E-state index in [4.69, 9.17) is 5.73 Å². The molecule has 2 atom stereocenters. The van der Waals surface area contributed by atoms with Crippen LogP contribution < -0.4 is 5.73 Å². The molecule has 0 saturated carbocycles. The predicted octanol–water partition coefficient (Wildman–Crippen LogP) is 2.23. The Morgan fingerprint density at radius 3 is 2.68 bits per heavy atom. The minimum Gasteiger partial charge on any atom is -0.336 e. The van der Waals surface area contributed by atoms with Gasteiger partial charge in [0.15, 0.2) is 0 Å². The molecule has 1 aliphatic heterocycles. The summed E-state index contributed by atoms with van der Waals surface area (Å²) in [6, 6.07) is 2.09. The third kappa shape index (κ3) is 2.76. The van der Waals surface area contributed by atoms with Crippen LogP contribution in [-0.4, -0.2) is 29.4 Å². The monoisotopic (exact) mass is 268 g/mol. The van der Waals surface area contributed by atoms with Crippen LogP contribution in [0.25, 0.3) is 0 Å². The highest BCUT2D eigenvalue weighted by molar-refractivity contribution is 5.95. The summed E-state index contributed by atoms with van der Waals surface area (Å²) in [4.78, 5) is 13.9. The van der Waals surface area contributed by atoms with Crippen molar-refractivity contribution in [2.75, 3.05) is 6.54 Å². The third-order valence-electron chi connectivity index (χ3n) is 3.66. The molecule has 3 nitrogen and oxygen atoms in total. The first-order chi connectivity index (χ1) is 8.90. The Balaban J connectivity index is 2.27. The van der Waals surface area contributed by atoms with Crippen molar-refractivity contribution in [1.29, 1.82) is 0 Å². The lowest BCUT2D eigenvalue weighted by Crippen LogP contribution is -2.48. The molecule has 1 aliphatic rings. The van der Waals surface area contributed by atoms with Gasteiger partial charge < -0.3 is 10.6 Å². The molecule has 1 saturated heterocycles. The maximum atomic E-state index is 13.7. The van der Waals surface area contributed by atoms with Crippen LogP contribution in [0.5, 0.6) is 0 Å². The van der Waals surface area contributed by atoms with Crippen LogP contribution in [0, 0.1) is 18.6 Å². The van der Waals surface area contributed by atoms with Gasteiger partial charge in [-0.3, -0.25) is 4.79 Å². The van der Waals surface area contributed by atoms with Crippen molar-refractivity contribution in [1.82, 2.24) is 4.90 Å². The first kappa shape index (κ1) is 13.9. The van der Waals surface area contributed by atoms with Crippen LogP contribution in [0.3, 0.4) is 0 Å². The number of likely N-dealkylation sites (tertiary alicyclic amines) is 1. The van der Waals surface area contributed by atoms with Crippen molar-refractivity contribution >= 4 is 5.91 Å². The van der Waals surface area contributed by atoms with Crippen LogP contribution in [0.15, 0.2) is 12.1 Å². The SMILES string of the molecule is Cc1cc(C(=O)N2CC[C@H](N)C[C@@H]2C)c(F)cc1F. The number of carbonyl (C=O) groups is 1. The normalized spacial score (nSPS) is 23.5. The van der Waals surface area contributed by atoms with Gasteiger partial charge >= 0.3 is 0 Å². The van der Waals surface area contributed by atoms with Gasteiger partial charge in [-0.1, -0.05) is 0 Å². The Labute approximate surface area is 111 Å². The van der Waals surface area contributed by atoms with Gasteiger partial charge in [0.25, 0.3) is 5.91 Å². The molecule has 0 spiro atoms. The largest absolute Gasteiger partial charge is 0.336 e. The van der Waals surface area contributed by atoms with E-state index >= 15 is 0 Å². The quantitative estimate of drug-likeness (QED) is 0.849. The summed E-state index contributed by atoms with van der Waals surface area (Å²) in [7, 11) is 0. The number of hydrogen-bond acceptors (Lipinski definition) is 2. The minimum atomic E-state index is -0.810. The average Bonchev–Trinajstić information content (AvgIpc) is 2.33. The Kier molecular flexibility index (Phi) is 3.85. The Morgan fingerprint density at radius 2 is 2.05 bits per heavy atom. The fourth-order valence-electron chi connectivity index (χ4n) is 2.49. The van der Waals surface area contributed by atoms with Gasteiger partial charge in [-0.25, -0.2) is 8.78 Å². The highest BCUT2D eigenvalue weighted by Gasteiger charge is 2.29. The van der Waals surface area contributed by atoms with Gasteiger partial charge in [0.1, 0.15) is 11.6 Å². The zero-order valence-corrected chi connectivity index (χ0v) is 11.1. The van der Waals surface area contributed by atoms with E-state index in [2.05, 4.69) is 0 Å². The zero-order valence-electron chi connectivity index (χ0n) is 11.1. The number of nitrogens with two attached hydrogens (primary N) is 1. The summed E-state index contributed by atoms with van der Waals surface area (Å²) in [6.45, 7) is 3.92. The smallest absolute Gasteiger partial charge is 0.257 e. The van der Waals surface area contributed by atoms with E-state index in [-0.39, 0.29) is 29.1 Å². The summed E-state index contributed by atoms with van der Waals surface area (Å²) in [5.41, 5.74) is 6.04. The number of carbonyl (C=O) groups excluding carboxylic acids is 1.